The van der Waals surface area contributed by atoms with Crippen LogP contribution in [0.4, 0.5) is 0 Å². The molecule has 2 aromatic carbocycles. The Labute approximate surface area is 139 Å². The summed E-state index contributed by atoms with van der Waals surface area (Å²) in [5.41, 5.74) is 11.8. The van der Waals surface area contributed by atoms with E-state index in [9.17, 15) is 15.1 Å². The van der Waals surface area contributed by atoms with Gasteiger partial charge in [0.25, 0.3) is 0 Å². The second-order valence-corrected chi connectivity index (χ2v) is 4.99. The van der Waals surface area contributed by atoms with E-state index in [0.29, 0.717) is 22.4 Å². The smallest absolute Gasteiger partial charge is 0.337 e. The number of esters is 2. The largest absolute Gasteiger partial charge is 0.465 e. The molecule has 2 rings (SSSR count). The molecule has 24 heavy (non-hydrogen) atoms. The normalized spacial score (nSPS) is 9.75. The number of ether oxygens (including phenoxy) is 2. The van der Waals surface area contributed by atoms with E-state index in [1.807, 2.05) is 6.07 Å². The Kier molecular flexibility index (Phi) is 5.60. The molecule has 6 nitrogen and oxygen atoms in total. The Morgan fingerprint density at radius 2 is 1.46 bits per heavy atom. The van der Waals surface area contributed by atoms with E-state index >= 15 is 0 Å². The molecule has 122 valence electrons. The lowest BCUT2D eigenvalue weighted by molar-refractivity contribution is -0.00620. The molecule has 0 aliphatic carbocycles. The van der Waals surface area contributed by atoms with Gasteiger partial charge in [-0.3, -0.25) is 0 Å². The molecule has 0 fully saturated rings. The number of nitrogens with zero attached hydrogens (tertiary/aromatic N) is 2. The topological polar surface area (TPSA) is 89.0 Å². The van der Waals surface area contributed by atoms with Crippen LogP contribution in [0.2, 0.25) is 0 Å². The molecule has 0 heterocycles. The SMILES string of the molecule is COC(=O)c1cccc(CC(=[N+]=[N-])c2cccc(C(=O)OC)c2)c1. The lowest BCUT2D eigenvalue weighted by Gasteiger charge is -2.04. The van der Waals surface area contributed by atoms with E-state index in [1.54, 1.807) is 42.5 Å². The first-order valence-electron chi connectivity index (χ1n) is 7.16. The third-order valence-corrected chi connectivity index (χ3v) is 3.46. The number of rotatable bonds is 5. The lowest BCUT2D eigenvalue weighted by Crippen LogP contribution is -2.10. The van der Waals surface area contributed by atoms with Crippen LogP contribution in [0, 0.1) is 0 Å². The van der Waals surface area contributed by atoms with Gasteiger partial charge in [0.1, 0.15) is 0 Å². The van der Waals surface area contributed by atoms with Gasteiger partial charge in [-0.2, -0.15) is 4.79 Å². The van der Waals surface area contributed by atoms with Crippen LogP contribution in [-0.4, -0.2) is 36.7 Å². The van der Waals surface area contributed by atoms with Crippen molar-refractivity contribution in [3.63, 3.8) is 0 Å². The first kappa shape index (κ1) is 17.1. The molecule has 0 bridgehead atoms. The first-order valence-corrected chi connectivity index (χ1v) is 7.16. The maximum absolute atomic E-state index is 11.6. The van der Waals surface area contributed by atoms with Gasteiger partial charge >= 0.3 is 17.7 Å². The van der Waals surface area contributed by atoms with Crippen molar-refractivity contribution in [3.8, 4) is 0 Å². The monoisotopic (exact) mass is 324 g/mol. The summed E-state index contributed by atoms with van der Waals surface area (Å²) < 4.78 is 9.38. The van der Waals surface area contributed by atoms with Crippen molar-refractivity contribution in [2.75, 3.05) is 14.2 Å². The van der Waals surface area contributed by atoms with E-state index < -0.39 is 11.9 Å². The maximum atomic E-state index is 11.6. The average Bonchev–Trinajstić information content (AvgIpc) is 2.65. The van der Waals surface area contributed by atoms with Gasteiger partial charge < -0.3 is 15.0 Å². The van der Waals surface area contributed by atoms with Crippen LogP contribution < -0.4 is 0 Å². The summed E-state index contributed by atoms with van der Waals surface area (Å²) in [5.74, 6) is -0.908. The number of carbonyl (C=O) groups excluding carboxylic acids is 2. The van der Waals surface area contributed by atoms with Crippen molar-refractivity contribution in [3.05, 3.63) is 76.3 Å². The molecule has 0 aromatic heterocycles. The number of carbonyl (C=O) groups is 2. The molecule has 0 unspecified atom stereocenters. The zero-order valence-electron chi connectivity index (χ0n) is 13.4. The average molecular weight is 324 g/mol. The molecule has 0 aliphatic heterocycles. The molecule has 6 heteroatoms. The van der Waals surface area contributed by atoms with Crippen LogP contribution in [0.1, 0.15) is 31.8 Å². The van der Waals surface area contributed by atoms with Crippen LogP contribution in [0.3, 0.4) is 0 Å². The van der Waals surface area contributed by atoms with Gasteiger partial charge in [0.15, 0.2) is 0 Å². The predicted molar refractivity (Wildman–Crippen MR) is 87.0 cm³/mol. The fraction of sp³-hybridized carbons (Fsp3) is 0.167. The fourth-order valence-electron chi connectivity index (χ4n) is 2.26. The fourth-order valence-corrected chi connectivity index (χ4v) is 2.26. The number of benzene rings is 2. The first-order chi connectivity index (χ1) is 11.6. The predicted octanol–water partition coefficient (Wildman–Crippen LogP) is 2.52. The molecule has 0 amide bonds. The van der Waals surface area contributed by atoms with E-state index in [0.717, 1.165) is 5.56 Å². The highest BCUT2D eigenvalue weighted by molar-refractivity contribution is 6.00. The van der Waals surface area contributed by atoms with Gasteiger partial charge in [-0.25, -0.2) is 9.59 Å². The third kappa shape index (κ3) is 3.94. The molecular formula is C18H16N2O4. The van der Waals surface area contributed by atoms with Crippen molar-refractivity contribution in [1.29, 1.82) is 0 Å². The van der Waals surface area contributed by atoms with Gasteiger partial charge in [0.2, 0.25) is 0 Å². The van der Waals surface area contributed by atoms with Crippen LogP contribution >= 0.6 is 0 Å². The molecule has 0 saturated carbocycles. The van der Waals surface area contributed by atoms with Gasteiger partial charge in [-0.05, 0) is 35.9 Å². The Bertz CT molecular complexity index is 823. The minimum atomic E-state index is -0.471. The second-order valence-electron chi connectivity index (χ2n) is 4.99. The van der Waals surface area contributed by atoms with Gasteiger partial charge in [0, 0.05) is 0 Å². The molecule has 0 aliphatic rings. The minimum absolute atomic E-state index is 0.284. The third-order valence-electron chi connectivity index (χ3n) is 3.46. The van der Waals surface area contributed by atoms with Crippen LogP contribution in [0.15, 0.2) is 48.5 Å². The summed E-state index contributed by atoms with van der Waals surface area (Å²) >= 11 is 0. The summed E-state index contributed by atoms with van der Waals surface area (Å²) in [6.45, 7) is 0. The van der Waals surface area contributed by atoms with Crippen molar-refractivity contribution in [2.45, 2.75) is 6.42 Å². The summed E-state index contributed by atoms with van der Waals surface area (Å²) in [6, 6.07) is 13.4. The van der Waals surface area contributed by atoms with E-state index in [-0.39, 0.29) is 6.42 Å². The molecule has 0 N–H and O–H groups in total. The highest BCUT2D eigenvalue weighted by atomic mass is 16.5. The Hall–Kier alpha value is -3.24. The summed E-state index contributed by atoms with van der Waals surface area (Å²) in [6.07, 6.45) is 0.284. The summed E-state index contributed by atoms with van der Waals surface area (Å²) in [5, 5.41) is 0. The van der Waals surface area contributed by atoms with E-state index in [1.165, 1.54) is 14.2 Å². The van der Waals surface area contributed by atoms with Crippen LogP contribution in [0.5, 0.6) is 0 Å². The van der Waals surface area contributed by atoms with Crippen LogP contribution in [-0.2, 0) is 15.9 Å². The Morgan fingerprint density at radius 1 is 0.917 bits per heavy atom. The highest BCUT2D eigenvalue weighted by Gasteiger charge is 2.17. The van der Waals surface area contributed by atoms with Crippen molar-refractivity contribution < 1.29 is 23.9 Å². The van der Waals surface area contributed by atoms with Gasteiger partial charge in [-0.15, -0.1) is 0 Å². The number of hydrogen-bond acceptors (Lipinski definition) is 4. The zero-order chi connectivity index (χ0) is 17.5. The standard InChI is InChI=1S/C18H16N2O4/c1-23-17(21)14-7-3-5-12(9-14)10-16(20-19)13-6-4-8-15(11-13)18(22)24-2/h3-9,11H,10H2,1-2H3. The minimum Gasteiger partial charge on any atom is -0.465 e. The van der Waals surface area contributed by atoms with Gasteiger partial charge in [-0.1, -0.05) is 18.2 Å². The molecule has 2 aromatic rings. The van der Waals surface area contributed by atoms with Gasteiger partial charge in [0.05, 0.1) is 37.3 Å². The Morgan fingerprint density at radius 3 is 2.04 bits per heavy atom. The summed E-state index contributed by atoms with van der Waals surface area (Å²) in [7, 11) is 2.61. The zero-order valence-corrected chi connectivity index (χ0v) is 13.4. The second kappa shape index (κ2) is 7.85. The molecule has 0 spiro atoms. The van der Waals surface area contributed by atoms with Crippen molar-refractivity contribution >= 4 is 17.7 Å². The van der Waals surface area contributed by atoms with Crippen LogP contribution in [0.25, 0.3) is 5.53 Å². The van der Waals surface area contributed by atoms with E-state index in [4.69, 9.17) is 4.74 Å². The quantitative estimate of drug-likeness (QED) is 0.366. The molecule has 0 atom stereocenters. The molecular weight excluding hydrogens is 308 g/mol. The highest BCUT2D eigenvalue weighted by Crippen LogP contribution is 2.13. The summed E-state index contributed by atoms with van der Waals surface area (Å²) in [4.78, 5) is 26.5. The van der Waals surface area contributed by atoms with Crippen molar-refractivity contribution in [2.24, 2.45) is 0 Å². The number of methoxy groups -OCH3 is 2. The van der Waals surface area contributed by atoms with Crippen molar-refractivity contribution in [1.82, 2.24) is 0 Å². The molecule has 0 saturated heterocycles. The lowest BCUT2D eigenvalue weighted by atomic mass is 9.99. The maximum Gasteiger partial charge on any atom is 0.337 e. The van der Waals surface area contributed by atoms with E-state index in [2.05, 4.69) is 9.53 Å². The molecule has 0 radical (unpaired) electrons. The Balaban J connectivity index is 2.30. The number of hydrogen-bond donors (Lipinski definition) is 0.